The van der Waals surface area contributed by atoms with Crippen molar-refractivity contribution < 1.29 is 14.0 Å². The molecule has 1 atom stereocenters. The van der Waals surface area contributed by atoms with Crippen LogP contribution in [0.3, 0.4) is 0 Å². The van der Waals surface area contributed by atoms with Crippen molar-refractivity contribution in [2.45, 2.75) is 12.3 Å². The van der Waals surface area contributed by atoms with Crippen molar-refractivity contribution in [2.24, 2.45) is 10.9 Å². The van der Waals surface area contributed by atoms with E-state index in [0.29, 0.717) is 5.56 Å². The molecule has 0 radical (unpaired) electrons. The van der Waals surface area contributed by atoms with Crippen LogP contribution in [0.1, 0.15) is 12.5 Å². The van der Waals surface area contributed by atoms with E-state index in [2.05, 4.69) is 9.99 Å². The second-order valence-corrected chi connectivity index (χ2v) is 3.67. The highest BCUT2D eigenvalue weighted by molar-refractivity contribution is 6.29. The van der Waals surface area contributed by atoms with Gasteiger partial charge in [0, 0.05) is 5.56 Å². The van der Waals surface area contributed by atoms with E-state index in [4.69, 9.17) is 17.3 Å². The van der Waals surface area contributed by atoms with Crippen LogP contribution in [0.25, 0.3) is 0 Å². The van der Waals surface area contributed by atoms with Crippen molar-refractivity contribution in [3.05, 3.63) is 35.6 Å². The molecule has 2 N–H and O–H groups in total. The summed E-state index contributed by atoms with van der Waals surface area (Å²) in [4.78, 5) is 15.4. The van der Waals surface area contributed by atoms with Gasteiger partial charge in [0.05, 0.1) is 0 Å². The third-order valence-electron chi connectivity index (χ3n) is 1.68. The van der Waals surface area contributed by atoms with E-state index in [1.54, 1.807) is 6.07 Å². The van der Waals surface area contributed by atoms with Crippen LogP contribution in [0, 0.1) is 5.82 Å². The fraction of sp³-hybridized carbons (Fsp3) is 0.200. The molecule has 0 saturated heterocycles. The van der Waals surface area contributed by atoms with Gasteiger partial charge in [-0.05, 0) is 19.1 Å². The zero-order valence-corrected chi connectivity index (χ0v) is 9.24. The topological polar surface area (TPSA) is 64.7 Å². The SMILES string of the molecule is CC(Cl)C(=O)ON=C(N)c1cccc(F)c1. The molecular formula is C10H10ClFN2O2. The second kappa shape index (κ2) is 5.46. The molecule has 0 fully saturated rings. The summed E-state index contributed by atoms with van der Waals surface area (Å²) in [5.41, 5.74) is 5.80. The van der Waals surface area contributed by atoms with Crippen LogP contribution in [0.4, 0.5) is 4.39 Å². The molecule has 0 saturated carbocycles. The maximum atomic E-state index is 12.8. The number of amidine groups is 1. The molecule has 0 heterocycles. The molecule has 0 aliphatic carbocycles. The highest BCUT2D eigenvalue weighted by Crippen LogP contribution is 2.04. The smallest absolute Gasteiger partial charge is 0.352 e. The summed E-state index contributed by atoms with van der Waals surface area (Å²) in [6, 6.07) is 5.46. The number of nitrogens with two attached hydrogens (primary N) is 1. The lowest BCUT2D eigenvalue weighted by Crippen LogP contribution is -2.18. The van der Waals surface area contributed by atoms with Crippen molar-refractivity contribution in [2.75, 3.05) is 0 Å². The maximum Gasteiger partial charge on any atom is 0.352 e. The normalized spacial score (nSPS) is 13.3. The molecular weight excluding hydrogens is 235 g/mol. The average Bonchev–Trinajstić information content (AvgIpc) is 2.25. The minimum absolute atomic E-state index is 0.0924. The van der Waals surface area contributed by atoms with E-state index >= 15 is 0 Å². The molecule has 0 bridgehead atoms. The minimum Gasteiger partial charge on any atom is -0.380 e. The number of carbonyl (C=O) groups excluding carboxylic acids is 1. The van der Waals surface area contributed by atoms with Gasteiger partial charge in [0.2, 0.25) is 0 Å². The molecule has 1 aromatic carbocycles. The van der Waals surface area contributed by atoms with Gasteiger partial charge in [-0.2, -0.15) is 0 Å². The Hall–Kier alpha value is -1.62. The van der Waals surface area contributed by atoms with E-state index in [9.17, 15) is 9.18 Å². The van der Waals surface area contributed by atoms with Crippen LogP contribution < -0.4 is 5.73 Å². The van der Waals surface area contributed by atoms with Gasteiger partial charge in [0.15, 0.2) is 5.84 Å². The van der Waals surface area contributed by atoms with Gasteiger partial charge >= 0.3 is 5.97 Å². The van der Waals surface area contributed by atoms with E-state index in [-0.39, 0.29) is 5.84 Å². The van der Waals surface area contributed by atoms with Crippen LogP contribution in [-0.2, 0) is 9.63 Å². The minimum atomic E-state index is -0.816. The average molecular weight is 245 g/mol. The van der Waals surface area contributed by atoms with E-state index in [0.717, 1.165) is 0 Å². The Labute approximate surface area is 96.8 Å². The third-order valence-corrected chi connectivity index (χ3v) is 1.86. The van der Waals surface area contributed by atoms with Gasteiger partial charge in [-0.25, -0.2) is 9.18 Å². The summed E-state index contributed by atoms with van der Waals surface area (Å²) in [6.07, 6.45) is 0. The highest BCUT2D eigenvalue weighted by Gasteiger charge is 2.11. The van der Waals surface area contributed by atoms with Crippen LogP contribution in [0.5, 0.6) is 0 Å². The standard InChI is InChI=1S/C10H10ClFN2O2/c1-6(11)10(15)16-14-9(13)7-3-2-4-8(12)5-7/h2-6H,1H3,(H2,13,14). The van der Waals surface area contributed by atoms with Gasteiger partial charge in [0.25, 0.3) is 0 Å². The molecule has 4 nitrogen and oxygen atoms in total. The van der Waals surface area contributed by atoms with Crippen LogP contribution in [0.15, 0.2) is 29.4 Å². The zero-order valence-electron chi connectivity index (χ0n) is 8.48. The Morgan fingerprint density at radius 1 is 1.62 bits per heavy atom. The quantitative estimate of drug-likeness (QED) is 0.289. The fourth-order valence-electron chi connectivity index (χ4n) is 0.867. The summed E-state index contributed by atoms with van der Waals surface area (Å²) in [6.45, 7) is 1.44. The first-order valence-electron chi connectivity index (χ1n) is 4.45. The van der Waals surface area contributed by atoms with Gasteiger partial charge in [-0.15, -0.1) is 11.6 Å². The summed E-state index contributed by atoms with van der Waals surface area (Å²) in [7, 11) is 0. The number of alkyl halides is 1. The monoisotopic (exact) mass is 244 g/mol. The number of benzene rings is 1. The number of hydrogen-bond donors (Lipinski definition) is 1. The summed E-state index contributed by atoms with van der Waals surface area (Å²) >= 11 is 5.44. The number of halogens is 2. The van der Waals surface area contributed by atoms with E-state index < -0.39 is 17.2 Å². The largest absolute Gasteiger partial charge is 0.380 e. The Balaban J connectivity index is 2.74. The Bertz CT molecular complexity index is 421. The van der Waals surface area contributed by atoms with Gasteiger partial charge in [-0.1, -0.05) is 17.3 Å². The van der Waals surface area contributed by atoms with Gasteiger partial charge < -0.3 is 10.6 Å². The van der Waals surface area contributed by atoms with Gasteiger partial charge in [-0.3, -0.25) is 0 Å². The highest BCUT2D eigenvalue weighted by atomic mass is 35.5. The first-order valence-corrected chi connectivity index (χ1v) is 4.88. The van der Waals surface area contributed by atoms with Crippen LogP contribution in [0.2, 0.25) is 0 Å². The van der Waals surface area contributed by atoms with Crippen LogP contribution in [-0.4, -0.2) is 17.2 Å². The fourth-order valence-corrected chi connectivity index (χ4v) is 0.907. The molecule has 0 amide bonds. The summed E-state index contributed by atoms with van der Waals surface area (Å²) < 4.78 is 12.8. The Morgan fingerprint density at radius 2 is 2.31 bits per heavy atom. The van der Waals surface area contributed by atoms with Crippen molar-refractivity contribution in [1.29, 1.82) is 0 Å². The number of oxime groups is 1. The molecule has 0 aliphatic heterocycles. The maximum absolute atomic E-state index is 12.8. The lowest BCUT2D eigenvalue weighted by molar-refractivity contribution is -0.142. The predicted octanol–water partition coefficient (Wildman–Crippen LogP) is 1.62. The lowest BCUT2D eigenvalue weighted by atomic mass is 10.2. The molecule has 16 heavy (non-hydrogen) atoms. The third kappa shape index (κ3) is 3.51. The summed E-state index contributed by atoms with van der Waals surface area (Å²) in [5.74, 6) is -1.26. The predicted molar refractivity (Wildman–Crippen MR) is 58.5 cm³/mol. The van der Waals surface area contributed by atoms with Crippen molar-refractivity contribution in [3.63, 3.8) is 0 Å². The van der Waals surface area contributed by atoms with Gasteiger partial charge in [0.1, 0.15) is 11.2 Å². The second-order valence-electron chi connectivity index (χ2n) is 3.01. The first kappa shape index (κ1) is 12.4. The molecule has 1 rings (SSSR count). The first-order chi connectivity index (χ1) is 7.50. The lowest BCUT2D eigenvalue weighted by Gasteiger charge is -2.01. The number of rotatable bonds is 3. The molecule has 1 unspecified atom stereocenters. The Morgan fingerprint density at radius 3 is 2.88 bits per heavy atom. The Kier molecular flexibility index (Phi) is 4.25. The summed E-state index contributed by atoms with van der Waals surface area (Å²) in [5, 5.41) is 2.53. The van der Waals surface area contributed by atoms with Crippen molar-refractivity contribution in [1.82, 2.24) is 0 Å². The van der Waals surface area contributed by atoms with Crippen molar-refractivity contribution >= 4 is 23.4 Å². The molecule has 0 spiro atoms. The number of carbonyl (C=O) groups is 1. The number of nitrogens with zero attached hydrogens (tertiary/aromatic N) is 1. The van der Waals surface area contributed by atoms with Crippen LogP contribution >= 0.6 is 11.6 Å². The van der Waals surface area contributed by atoms with E-state index in [1.165, 1.54) is 25.1 Å². The molecule has 0 aromatic heterocycles. The molecule has 6 heteroatoms. The number of hydrogen-bond acceptors (Lipinski definition) is 3. The van der Waals surface area contributed by atoms with E-state index in [1.807, 2.05) is 0 Å². The zero-order chi connectivity index (χ0) is 12.1. The molecule has 86 valence electrons. The molecule has 1 aromatic rings. The molecule has 0 aliphatic rings. The van der Waals surface area contributed by atoms with Crippen molar-refractivity contribution in [3.8, 4) is 0 Å².